The first-order valence-electron chi connectivity index (χ1n) is 5.17. The van der Waals surface area contributed by atoms with Crippen LogP contribution in [0.25, 0.3) is 0 Å². The summed E-state index contributed by atoms with van der Waals surface area (Å²) in [5, 5.41) is 0. The largest absolute Gasteiger partial charge is 0.465 e. The summed E-state index contributed by atoms with van der Waals surface area (Å²) in [6.45, 7) is 0. The molecule has 88 valence electrons. The van der Waals surface area contributed by atoms with Gasteiger partial charge in [-0.1, -0.05) is 18.2 Å². The maximum absolute atomic E-state index is 11.5. The first kappa shape index (κ1) is 13.0. The van der Waals surface area contributed by atoms with Crippen LogP contribution in [0.1, 0.15) is 34.8 Å². The number of esters is 1. The maximum atomic E-state index is 11.5. The van der Waals surface area contributed by atoms with Gasteiger partial charge in [-0.15, -0.1) is 12.4 Å². The van der Waals surface area contributed by atoms with Crippen molar-refractivity contribution in [3.8, 4) is 0 Å². The number of rotatable bonds is 3. The fraction of sp³-hybridized carbons (Fsp3) is 0.417. The number of carbonyl (C=O) groups excluding carboxylic acids is 1. The van der Waals surface area contributed by atoms with E-state index in [4.69, 9.17) is 10.5 Å². The highest BCUT2D eigenvalue weighted by atomic mass is 35.5. The molecule has 1 atom stereocenters. The fourth-order valence-electron chi connectivity index (χ4n) is 1.79. The predicted octanol–water partition coefficient (Wildman–Crippen LogP) is 2.30. The van der Waals surface area contributed by atoms with Gasteiger partial charge < -0.3 is 10.5 Å². The average molecular weight is 242 g/mol. The summed E-state index contributed by atoms with van der Waals surface area (Å²) in [6, 6.07) is 7.39. The molecule has 1 aliphatic carbocycles. The van der Waals surface area contributed by atoms with Crippen molar-refractivity contribution in [3.63, 3.8) is 0 Å². The minimum absolute atomic E-state index is 0. The second-order valence-electron chi connectivity index (χ2n) is 3.94. The van der Waals surface area contributed by atoms with E-state index in [0.29, 0.717) is 11.5 Å². The smallest absolute Gasteiger partial charge is 0.338 e. The van der Waals surface area contributed by atoms with Crippen LogP contribution in [-0.2, 0) is 4.74 Å². The normalized spacial score (nSPS) is 16.1. The highest BCUT2D eigenvalue weighted by molar-refractivity contribution is 5.91. The Balaban J connectivity index is 0.00000128. The molecule has 1 aromatic rings. The van der Waals surface area contributed by atoms with E-state index in [1.807, 2.05) is 18.2 Å². The predicted molar refractivity (Wildman–Crippen MR) is 64.7 cm³/mol. The number of hydrogen-bond acceptors (Lipinski definition) is 3. The van der Waals surface area contributed by atoms with E-state index >= 15 is 0 Å². The van der Waals surface area contributed by atoms with Crippen LogP contribution in [0.15, 0.2) is 24.3 Å². The second kappa shape index (κ2) is 5.32. The van der Waals surface area contributed by atoms with Crippen molar-refractivity contribution in [2.24, 2.45) is 11.7 Å². The van der Waals surface area contributed by atoms with Crippen LogP contribution in [0.2, 0.25) is 0 Å². The highest BCUT2D eigenvalue weighted by Crippen LogP contribution is 2.40. The lowest BCUT2D eigenvalue weighted by atomic mass is 9.98. The van der Waals surface area contributed by atoms with Crippen LogP contribution >= 0.6 is 12.4 Å². The van der Waals surface area contributed by atoms with Crippen molar-refractivity contribution in [1.82, 2.24) is 0 Å². The summed E-state index contributed by atoms with van der Waals surface area (Å²) in [4.78, 5) is 11.5. The number of ether oxygens (including phenoxy) is 1. The van der Waals surface area contributed by atoms with E-state index in [2.05, 4.69) is 0 Å². The van der Waals surface area contributed by atoms with Crippen LogP contribution in [0, 0.1) is 5.92 Å². The summed E-state index contributed by atoms with van der Waals surface area (Å²) < 4.78 is 4.73. The third-order valence-electron chi connectivity index (χ3n) is 2.86. The van der Waals surface area contributed by atoms with Gasteiger partial charge in [0.1, 0.15) is 0 Å². The summed E-state index contributed by atoms with van der Waals surface area (Å²) in [5.41, 5.74) is 7.59. The summed E-state index contributed by atoms with van der Waals surface area (Å²) >= 11 is 0. The Kier molecular flexibility index (Phi) is 4.33. The van der Waals surface area contributed by atoms with Crippen LogP contribution < -0.4 is 5.73 Å². The number of carbonyl (C=O) groups is 1. The molecule has 0 bridgehead atoms. The average Bonchev–Trinajstić information content (AvgIpc) is 3.11. The zero-order chi connectivity index (χ0) is 10.8. The molecule has 3 nitrogen and oxygen atoms in total. The molecule has 0 spiro atoms. The standard InChI is InChI=1S/C12H15NO2.ClH/c1-15-12(14)10-5-3-2-4-9(10)11(13)8-6-7-8;/h2-5,8,11H,6-7,13H2,1H3;1H/t11-;/m1./s1. The lowest BCUT2D eigenvalue weighted by Crippen LogP contribution is -2.17. The maximum Gasteiger partial charge on any atom is 0.338 e. The zero-order valence-electron chi connectivity index (χ0n) is 9.18. The highest BCUT2D eigenvalue weighted by Gasteiger charge is 2.31. The molecular weight excluding hydrogens is 226 g/mol. The lowest BCUT2D eigenvalue weighted by molar-refractivity contribution is 0.0598. The molecule has 0 radical (unpaired) electrons. The SMILES string of the molecule is COC(=O)c1ccccc1[C@H](N)C1CC1.Cl. The van der Waals surface area contributed by atoms with Crippen molar-refractivity contribution >= 4 is 18.4 Å². The van der Waals surface area contributed by atoms with Crippen molar-refractivity contribution in [2.75, 3.05) is 7.11 Å². The summed E-state index contributed by atoms with van der Waals surface area (Å²) in [6.07, 6.45) is 2.33. The van der Waals surface area contributed by atoms with E-state index in [0.717, 1.165) is 18.4 Å². The van der Waals surface area contributed by atoms with Gasteiger partial charge in [0.05, 0.1) is 12.7 Å². The molecule has 1 aromatic carbocycles. The molecule has 1 saturated carbocycles. The Morgan fingerprint density at radius 3 is 2.62 bits per heavy atom. The van der Waals surface area contributed by atoms with Gasteiger partial charge in [0.25, 0.3) is 0 Å². The van der Waals surface area contributed by atoms with Crippen molar-refractivity contribution in [1.29, 1.82) is 0 Å². The third kappa shape index (κ3) is 2.54. The zero-order valence-corrected chi connectivity index (χ0v) is 10.00. The molecule has 2 N–H and O–H groups in total. The van der Waals surface area contributed by atoms with Crippen molar-refractivity contribution in [3.05, 3.63) is 35.4 Å². The Morgan fingerprint density at radius 2 is 2.06 bits per heavy atom. The Morgan fingerprint density at radius 1 is 1.44 bits per heavy atom. The van der Waals surface area contributed by atoms with Crippen molar-refractivity contribution < 1.29 is 9.53 Å². The molecule has 0 amide bonds. The third-order valence-corrected chi connectivity index (χ3v) is 2.86. The second-order valence-corrected chi connectivity index (χ2v) is 3.94. The molecule has 0 aliphatic heterocycles. The number of benzene rings is 1. The van der Waals surface area contributed by atoms with E-state index in [1.165, 1.54) is 7.11 Å². The quantitative estimate of drug-likeness (QED) is 0.827. The Hall–Kier alpha value is -1.06. The van der Waals surface area contributed by atoms with E-state index < -0.39 is 0 Å². The van der Waals surface area contributed by atoms with E-state index in [1.54, 1.807) is 6.07 Å². The summed E-state index contributed by atoms with van der Waals surface area (Å²) in [7, 11) is 1.39. The van der Waals surface area contributed by atoms with Gasteiger partial charge in [-0.3, -0.25) is 0 Å². The van der Waals surface area contributed by atoms with Gasteiger partial charge >= 0.3 is 5.97 Å². The molecule has 0 saturated heterocycles. The van der Waals surface area contributed by atoms with Crippen molar-refractivity contribution in [2.45, 2.75) is 18.9 Å². The molecule has 1 aliphatic rings. The van der Waals surface area contributed by atoms with Gasteiger partial charge in [0, 0.05) is 6.04 Å². The van der Waals surface area contributed by atoms with Crippen LogP contribution in [0.4, 0.5) is 0 Å². The van der Waals surface area contributed by atoms with Gasteiger partial charge in [-0.05, 0) is 30.4 Å². The Bertz CT molecular complexity index is 377. The molecule has 0 unspecified atom stereocenters. The number of halogens is 1. The van der Waals surface area contributed by atoms with E-state index in [-0.39, 0.29) is 24.4 Å². The Labute approximate surface area is 101 Å². The minimum atomic E-state index is -0.304. The summed E-state index contributed by atoms with van der Waals surface area (Å²) in [5.74, 6) is 0.234. The van der Waals surface area contributed by atoms with Crippen LogP contribution in [-0.4, -0.2) is 13.1 Å². The van der Waals surface area contributed by atoms with E-state index in [9.17, 15) is 4.79 Å². The first-order valence-corrected chi connectivity index (χ1v) is 5.17. The van der Waals surface area contributed by atoms with Gasteiger partial charge in [-0.2, -0.15) is 0 Å². The topological polar surface area (TPSA) is 52.3 Å². The monoisotopic (exact) mass is 241 g/mol. The molecular formula is C12H16ClNO2. The van der Waals surface area contributed by atoms with Crippen LogP contribution in [0.3, 0.4) is 0 Å². The molecule has 1 fully saturated rings. The molecule has 2 rings (SSSR count). The molecule has 0 heterocycles. The number of methoxy groups -OCH3 is 1. The van der Waals surface area contributed by atoms with Gasteiger partial charge in [-0.25, -0.2) is 4.79 Å². The fourth-order valence-corrected chi connectivity index (χ4v) is 1.79. The lowest BCUT2D eigenvalue weighted by Gasteiger charge is -2.14. The minimum Gasteiger partial charge on any atom is -0.465 e. The van der Waals surface area contributed by atoms with Crippen LogP contribution in [0.5, 0.6) is 0 Å². The number of hydrogen-bond donors (Lipinski definition) is 1. The van der Waals surface area contributed by atoms with Gasteiger partial charge in [0.2, 0.25) is 0 Å². The number of nitrogens with two attached hydrogens (primary N) is 1. The van der Waals surface area contributed by atoms with Gasteiger partial charge in [0.15, 0.2) is 0 Å². The molecule has 0 aromatic heterocycles. The molecule has 16 heavy (non-hydrogen) atoms. The molecule has 4 heteroatoms. The first-order chi connectivity index (χ1) is 7.24.